The number of phenolic OH excluding ortho intramolecular Hbond substituents is 1. The van der Waals surface area contributed by atoms with Crippen LogP contribution in [0.3, 0.4) is 0 Å². The number of fused-ring (bicyclic) bond motifs is 1. The van der Waals surface area contributed by atoms with Crippen LogP contribution in [0.1, 0.15) is 0 Å². The summed E-state index contributed by atoms with van der Waals surface area (Å²) < 4.78 is 27.1. The number of ether oxygens (including phenoxy) is 4. The zero-order chi connectivity index (χ0) is 24.6. The van der Waals surface area contributed by atoms with Crippen LogP contribution in [0.4, 0.5) is 0 Å². The van der Waals surface area contributed by atoms with E-state index in [1.807, 2.05) is 0 Å². The highest BCUT2D eigenvalue weighted by atomic mass is 16.7. The lowest BCUT2D eigenvalue weighted by atomic mass is 9.99. The van der Waals surface area contributed by atoms with Crippen molar-refractivity contribution in [2.24, 2.45) is 0 Å². The number of hydrogen-bond acceptors (Lipinski definition) is 11. The number of benzene rings is 2. The van der Waals surface area contributed by atoms with Gasteiger partial charge in [0.1, 0.15) is 46.9 Å². The largest absolute Gasteiger partial charge is 0.504 e. The molecule has 5 N–H and O–H groups in total. The van der Waals surface area contributed by atoms with Crippen molar-refractivity contribution in [1.82, 2.24) is 0 Å². The van der Waals surface area contributed by atoms with Gasteiger partial charge in [-0.3, -0.25) is 4.79 Å². The van der Waals surface area contributed by atoms with E-state index in [0.29, 0.717) is 11.3 Å². The Bertz CT molecular complexity index is 1220. The van der Waals surface area contributed by atoms with Crippen molar-refractivity contribution in [3.8, 4) is 34.3 Å². The van der Waals surface area contributed by atoms with Gasteiger partial charge in [-0.15, -0.1) is 0 Å². The Labute approximate surface area is 192 Å². The first-order chi connectivity index (χ1) is 16.3. The molecule has 34 heavy (non-hydrogen) atoms. The van der Waals surface area contributed by atoms with Crippen LogP contribution in [0.2, 0.25) is 0 Å². The smallest absolute Gasteiger partial charge is 0.229 e. The Balaban J connectivity index is 1.78. The number of phenols is 1. The fraction of sp³-hybridized carbons (Fsp3) is 0.348. The maximum atomic E-state index is 12.8. The summed E-state index contributed by atoms with van der Waals surface area (Å²) in [4.78, 5) is 12.8. The van der Waals surface area contributed by atoms with E-state index >= 15 is 0 Å². The lowest BCUT2D eigenvalue weighted by Gasteiger charge is -2.39. The van der Waals surface area contributed by atoms with Gasteiger partial charge in [0.2, 0.25) is 12.0 Å². The maximum Gasteiger partial charge on any atom is 0.229 e. The minimum Gasteiger partial charge on any atom is -0.504 e. The average molecular weight is 476 g/mol. The summed E-state index contributed by atoms with van der Waals surface area (Å²) in [6.45, 7) is -0.648. The Hall–Kier alpha value is -3.35. The summed E-state index contributed by atoms with van der Waals surface area (Å²) in [5, 5.41) is 50.2. The first-order valence-corrected chi connectivity index (χ1v) is 10.3. The molecule has 1 aliphatic heterocycles. The minimum atomic E-state index is -1.70. The van der Waals surface area contributed by atoms with Gasteiger partial charge >= 0.3 is 0 Å². The molecule has 0 spiro atoms. The van der Waals surface area contributed by atoms with Crippen LogP contribution in [0.15, 0.2) is 45.6 Å². The van der Waals surface area contributed by atoms with E-state index in [1.165, 1.54) is 26.4 Å². The number of aliphatic hydroxyl groups excluding tert-OH is 4. The zero-order valence-electron chi connectivity index (χ0n) is 18.2. The molecule has 5 atom stereocenters. The summed E-state index contributed by atoms with van der Waals surface area (Å²) >= 11 is 0. The van der Waals surface area contributed by atoms with Gasteiger partial charge in [0.25, 0.3) is 0 Å². The highest BCUT2D eigenvalue weighted by Crippen LogP contribution is 2.43. The Kier molecular flexibility index (Phi) is 6.64. The molecule has 1 aromatic heterocycles. The molecule has 0 bridgehead atoms. The third-order valence-corrected chi connectivity index (χ3v) is 5.58. The van der Waals surface area contributed by atoms with Crippen molar-refractivity contribution in [2.45, 2.75) is 30.7 Å². The summed E-state index contributed by atoms with van der Waals surface area (Å²) in [6, 6.07) is 9.26. The van der Waals surface area contributed by atoms with Gasteiger partial charge in [0.15, 0.2) is 16.9 Å². The Morgan fingerprint density at radius 2 is 1.68 bits per heavy atom. The maximum absolute atomic E-state index is 12.8. The molecule has 182 valence electrons. The van der Waals surface area contributed by atoms with Crippen molar-refractivity contribution in [2.75, 3.05) is 20.8 Å². The van der Waals surface area contributed by atoms with Crippen LogP contribution in [0, 0.1) is 0 Å². The molecule has 0 unspecified atom stereocenters. The van der Waals surface area contributed by atoms with Gasteiger partial charge < -0.3 is 48.9 Å². The second kappa shape index (κ2) is 9.49. The molecule has 0 saturated carbocycles. The first kappa shape index (κ1) is 23.8. The van der Waals surface area contributed by atoms with Crippen molar-refractivity contribution in [3.63, 3.8) is 0 Å². The number of aliphatic hydroxyl groups is 4. The van der Waals surface area contributed by atoms with Crippen LogP contribution < -0.4 is 19.6 Å². The molecule has 3 aromatic rings. The van der Waals surface area contributed by atoms with E-state index in [4.69, 9.17) is 23.4 Å². The monoisotopic (exact) mass is 476 g/mol. The van der Waals surface area contributed by atoms with Gasteiger partial charge in [-0.25, -0.2) is 0 Å². The Morgan fingerprint density at radius 3 is 2.29 bits per heavy atom. The van der Waals surface area contributed by atoms with Gasteiger partial charge in [0.05, 0.1) is 20.8 Å². The van der Waals surface area contributed by atoms with Gasteiger partial charge in [0, 0.05) is 17.7 Å². The van der Waals surface area contributed by atoms with E-state index in [0.717, 1.165) is 0 Å². The van der Waals surface area contributed by atoms with Crippen LogP contribution >= 0.6 is 0 Å². The highest BCUT2D eigenvalue weighted by Gasteiger charge is 2.45. The Morgan fingerprint density at radius 1 is 0.971 bits per heavy atom. The predicted molar refractivity (Wildman–Crippen MR) is 117 cm³/mol. The first-order valence-electron chi connectivity index (χ1n) is 10.3. The van der Waals surface area contributed by atoms with Crippen LogP contribution in [-0.4, -0.2) is 77.1 Å². The minimum absolute atomic E-state index is 0.0452. The fourth-order valence-corrected chi connectivity index (χ4v) is 3.73. The van der Waals surface area contributed by atoms with Crippen LogP contribution in [0.25, 0.3) is 22.3 Å². The summed E-state index contributed by atoms with van der Waals surface area (Å²) in [5.74, 6) is -0.150. The van der Waals surface area contributed by atoms with E-state index in [2.05, 4.69) is 0 Å². The average Bonchev–Trinajstić information content (AvgIpc) is 2.84. The molecule has 0 amide bonds. The van der Waals surface area contributed by atoms with Gasteiger partial charge in [-0.2, -0.15) is 0 Å². The molecule has 1 saturated heterocycles. The SMILES string of the molecule is COc1ccc(-c2cc(=O)c3c(O)c(OC)c(O[C@@H]4O[C@H](CO)[C@@H](O)[C@H](O)[C@H]4O)cc3o2)cc1. The number of hydrogen-bond donors (Lipinski definition) is 5. The third kappa shape index (κ3) is 4.15. The molecule has 1 fully saturated rings. The summed E-state index contributed by atoms with van der Waals surface area (Å²) in [6.07, 6.45) is -7.69. The third-order valence-electron chi connectivity index (χ3n) is 5.58. The fourth-order valence-electron chi connectivity index (χ4n) is 3.73. The predicted octanol–water partition coefficient (Wildman–Crippen LogP) is 0.361. The number of aromatic hydroxyl groups is 1. The second-order valence-corrected chi connectivity index (χ2v) is 7.65. The van der Waals surface area contributed by atoms with Crippen LogP contribution in [-0.2, 0) is 4.74 Å². The molecule has 2 heterocycles. The lowest BCUT2D eigenvalue weighted by molar-refractivity contribution is -0.277. The molecular weight excluding hydrogens is 452 g/mol. The number of methoxy groups -OCH3 is 2. The second-order valence-electron chi connectivity index (χ2n) is 7.65. The molecular formula is C23H24O11. The molecule has 0 radical (unpaired) electrons. The summed E-state index contributed by atoms with van der Waals surface area (Å²) in [5.41, 5.74) is -0.00928. The van der Waals surface area contributed by atoms with Crippen molar-refractivity contribution in [3.05, 3.63) is 46.6 Å². The normalized spacial score (nSPS) is 24.7. The molecule has 4 rings (SSSR count). The lowest BCUT2D eigenvalue weighted by Crippen LogP contribution is -2.60. The summed E-state index contributed by atoms with van der Waals surface area (Å²) in [7, 11) is 2.76. The molecule has 1 aliphatic rings. The zero-order valence-corrected chi connectivity index (χ0v) is 18.2. The van der Waals surface area contributed by atoms with Crippen LogP contribution in [0.5, 0.6) is 23.0 Å². The topological polar surface area (TPSA) is 168 Å². The van der Waals surface area contributed by atoms with E-state index in [9.17, 15) is 30.3 Å². The van der Waals surface area contributed by atoms with E-state index in [-0.39, 0.29) is 28.2 Å². The molecule has 11 heteroatoms. The molecule has 2 aromatic carbocycles. The van der Waals surface area contributed by atoms with Gasteiger partial charge in [-0.1, -0.05) is 0 Å². The highest BCUT2D eigenvalue weighted by molar-refractivity contribution is 5.89. The van der Waals surface area contributed by atoms with E-state index in [1.54, 1.807) is 24.3 Å². The van der Waals surface area contributed by atoms with E-state index < -0.39 is 48.5 Å². The standard InChI is InChI=1S/C23H24O11/c1-30-11-5-3-10(4-6-11)13-7-12(25)17-14(32-13)8-15(22(31-2)19(17)27)33-23-21(29)20(28)18(26)16(9-24)34-23/h3-8,16,18,20-21,23-24,26-29H,9H2,1-2H3/t16-,18-,20+,21-,23-/m1/s1. The van der Waals surface area contributed by atoms with Crippen molar-refractivity contribution >= 4 is 11.0 Å². The number of rotatable bonds is 6. The molecule has 11 nitrogen and oxygen atoms in total. The van der Waals surface area contributed by atoms with Crippen molar-refractivity contribution in [1.29, 1.82) is 0 Å². The quantitative estimate of drug-likeness (QED) is 0.333. The molecule has 0 aliphatic carbocycles. The van der Waals surface area contributed by atoms with Gasteiger partial charge in [-0.05, 0) is 24.3 Å². The van der Waals surface area contributed by atoms with Crippen molar-refractivity contribution < 1.29 is 48.9 Å².